The van der Waals surface area contributed by atoms with Gasteiger partial charge in [-0.3, -0.25) is 9.59 Å². The Bertz CT molecular complexity index is 996. The Morgan fingerprint density at radius 3 is 2.55 bits per heavy atom. The molecule has 1 aromatic heterocycles. The number of carbonyl (C=O) groups is 2. The van der Waals surface area contributed by atoms with Gasteiger partial charge in [0.2, 0.25) is 17.6 Å². The molecular weight excluding hydrogens is 368 g/mol. The number of carbonyl (C=O) groups excluding carboxylic acids is 2. The van der Waals surface area contributed by atoms with Crippen molar-refractivity contribution >= 4 is 17.5 Å². The topological polar surface area (TPSA) is 116 Å². The van der Waals surface area contributed by atoms with Gasteiger partial charge in [0, 0.05) is 12.0 Å². The molecule has 0 aliphatic carbocycles. The van der Waals surface area contributed by atoms with Crippen LogP contribution in [0.5, 0.6) is 0 Å². The Kier molecular flexibility index (Phi) is 6.33. The summed E-state index contributed by atoms with van der Waals surface area (Å²) in [7, 11) is 0. The number of rotatable bonds is 8. The number of nitrogens with two attached hydrogens (primary N) is 1. The number of amides is 2. The van der Waals surface area contributed by atoms with Crippen LogP contribution in [0.1, 0.15) is 43.4 Å². The highest BCUT2D eigenvalue weighted by Gasteiger charge is 2.24. The Hall–Kier alpha value is -3.55. The molecule has 3 N–H and O–H groups in total. The van der Waals surface area contributed by atoms with Crippen molar-refractivity contribution in [3.8, 4) is 11.4 Å². The fourth-order valence-corrected chi connectivity index (χ4v) is 2.94. The van der Waals surface area contributed by atoms with E-state index in [2.05, 4.69) is 20.7 Å². The molecule has 1 heterocycles. The highest BCUT2D eigenvalue weighted by molar-refractivity contribution is 5.94. The van der Waals surface area contributed by atoms with E-state index in [4.69, 9.17) is 5.73 Å². The van der Waals surface area contributed by atoms with Gasteiger partial charge in [-0.15, -0.1) is 15.0 Å². The van der Waals surface area contributed by atoms with Crippen LogP contribution >= 0.6 is 0 Å². The van der Waals surface area contributed by atoms with E-state index < -0.39 is 11.9 Å². The van der Waals surface area contributed by atoms with Crippen LogP contribution in [0.4, 0.5) is 5.69 Å². The number of anilines is 1. The molecule has 150 valence electrons. The van der Waals surface area contributed by atoms with Gasteiger partial charge >= 0.3 is 0 Å². The maximum absolute atomic E-state index is 12.1. The lowest BCUT2D eigenvalue weighted by molar-refractivity contribution is -0.120. The molecule has 1 atom stereocenters. The first-order chi connectivity index (χ1) is 14.0. The van der Waals surface area contributed by atoms with Gasteiger partial charge in [0.1, 0.15) is 0 Å². The van der Waals surface area contributed by atoms with E-state index in [0.717, 1.165) is 18.4 Å². The van der Waals surface area contributed by atoms with Crippen LogP contribution in [0.2, 0.25) is 0 Å². The number of tetrazole rings is 1. The third-order valence-corrected chi connectivity index (χ3v) is 4.52. The van der Waals surface area contributed by atoms with Crippen molar-refractivity contribution in [1.82, 2.24) is 20.2 Å². The summed E-state index contributed by atoms with van der Waals surface area (Å²) in [4.78, 5) is 25.4. The Labute approximate surface area is 169 Å². The van der Waals surface area contributed by atoms with E-state index in [1.54, 1.807) is 12.1 Å². The molecule has 0 saturated heterocycles. The molecule has 2 amide bonds. The first-order valence-electron chi connectivity index (χ1n) is 9.54. The van der Waals surface area contributed by atoms with Gasteiger partial charge in [-0.25, -0.2) is 0 Å². The first kappa shape index (κ1) is 20.2. The summed E-state index contributed by atoms with van der Waals surface area (Å²) in [5, 5.41) is 15.4. The third-order valence-electron chi connectivity index (χ3n) is 4.52. The second-order valence-corrected chi connectivity index (χ2v) is 6.85. The van der Waals surface area contributed by atoms with Crippen LogP contribution in [0, 0.1) is 6.92 Å². The standard InChI is InChI=1S/C21H24N6O2/c1-3-4-9-18(28)23-17-8-6-5-7-16(17)21-24-26-27(25-21)19(20(22)29)15-12-10-14(2)11-13-15/h5-8,10-13,19H,3-4,9H2,1-2H3,(H2,22,29)(H,23,28). The summed E-state index contributed by atoms with van der Waals surface area (Å²) >= 11 is 0. The molecule has 0 saturated carbocycles. The summed E-state index contributed by atoms with van der Waals surface area (Å²) in [6.07, 6.45) is 2.21. The smallest absolute Gasteiger partial charge is 0.248 e. The number of aromatic nitrogens is 4. The maximum Gasteiger partial charge on any atom is 0.248 e. The Morgan fingerprint density at radius 1 is 1.14 bits per heavy atom. The molecular formula is C21H24N6O2. The van der Waals surface area contributed by atoms with Crippen LogP contribution in [0.3, 0.4) is 0 Å². The van der Waals surface area contributed by atoms with Gasteiger partial charge < -0.3 is 11.1 Å². The summed E-state index contributed by atoms with van der Waals surface area (Å²) in [5.74, 6) is -0.352. The van der Waals surface area contributed by atoms with E-state index in [-0.39, 0.29) is 5.91 Å². The first-order valence-corrected chi connectivity index (χ1v) is 9.54. The lowest BCUT2D eigenvalue weighted by Gasteiger charge is -2.12. The SMILES string of the molecule is CCCCC(=O)Nc1ccccc1-c1nnn(C(C(N)=O)c2ccc(C)cc2)n1. The average Bonchev–Trinajstić information content (AvgIpc) is 3.17. The number of aryl methyl sites for hydroxylation is 1. The number of hydrogen-bond donors (Lipinski definition) is 2. The van der Waals surface area contributed by atoms with Crippen molar-refractivity contribution < 1.29 is 9.59 Å². The summed E-state index contributed by atoms with van der Waals surface area (Å²) in [6, 6.07) is 13.8. The van der Waals surface area contributed by atoms with E-state index in [1.165, 1.54) is 4.80 Å². The lowest BCUT2D eigenvalue weighted by Crippen LogP contribution is -2.29. The molecule has 2 aromatic carbocycles. The number of benzene rings is 2. The van der Waals surface area contributed by atoms with Gasteiger partial charge in [0.25, 0.3) is 0 Å². The molecule has 0 spiro atoms. The predicted molar refractivity (Wildman–Crippen MR) is 110 cm³/mol. The zero-order chi connectivity index (χ0) is 20.8. The van der Waals surface area contributed by atoms with E-state index in [1.807, 2.05) is 50.2 Å². The zero-order valence-electron chi connectivity index (χ0n) is 16.5. The predicted octanol–water partition coefficient (Wildman–Crippen LogP) is 2.85. The average molecular weight is 392 g/mol. The summed E-state index contributed by atoms with van der Waals surface area (Å²) in [5.41, 5.74) is 8.56. The van der Waals surface area contributed by atoms with Crippen molar-refractivity contribution in [2.75, 3.05) is 5.32 Å². The molecule has 0 aliphatic rings. The van der Waals surface area contributed by atoms with Crippen LogP contribution in [0.25, 0.3) is 11.4 Å². The Morgan fingerprint density at radius 2 is 1.86 bits per heavy atom. The highest BCUT2D eigenvalue weighted by atomic mass is 16.2. The van der Waals surface area contributed by atoms with Crippen molar-refractivity contribution in [1.29, 1.82) is 0 Å². The van der Waals surface area contributed by atoms with Gasteiger partial charge in [0.05, 0.1) is 5.69 Å². The third kappa shape index (κ3) is 4.84. The summed E-state index contributed by atoms with van der Waals surface area (Å²) in [6.45, 7) is 3.99. The molecule has 0 radical (unpaired) electrons. The zero-order valence-corrected chi connectivity index (χ0v) is 16.5. The maximum atomic E-state index is 12.1. The van der Waals surface area contributed by atoms with Crippen LogP contribution < -0.4 is 11.1 Å². The lowest BCUT2D eigenvalue weighted by atomic mass is 10.1. The molecule has 0 aliphatic heterocycles. The van der Waals surface area contributed by atoms with Gasteiger partial charge in [-0.1, -0.05) is 55.3 Å². The number of hydrogen-bond acceptors (Lipinski definition) is 5. The Balaban J connectivity index is 1.90. The minimum absolute atomic E-state index is 0.0682. The second kappa shape index (κ2) is 9.09. The number of unbranched alkanes of at least 4 members (excludes halogenated alkanes) is 1. The molecule has 3 aromatic rings. The minimum Gasteiger partial charge on any atom is -0.367 e. The van der Waals surface area contributed by atoms with Gasteiger partial charge in [0.15, 0.2) is 6.04 Å². The highest BCUT2D eigenvalue weighted by Crippen LogP contribution is 2.26. The molecule has 3 rings (SSSR count). The van der Waals surface area contributed by atoms with E-state index in [9.17, 15) is 9.59 Å². The summed E-state index contributed by atoms with van der Waals surface area (Å²) < 4.78 is 0. The monoisotopic (exact) mass is 392 g/mol. The van der Waals surface area contributed by atoms with Crippen LogP contribution in [0.15, 0.2) is 48.5 Å². The molecule has 8 heteroatoms. The number of nitrogens with zero attached hydrogens (tertiary/aromatic N) is 4. The molecule has 0 fully saturated rings. The van der Waals surface area contributed by atoms with E-state index >= 15 is 0 Å². The van der Waals surface area contributed by atoms with Crippen LogP contribution in [-0.4, -0.2) is 32.0 Å². The van der Waals surface area contributed by atoms with Crippen molar-refractivity contribution in [3.05, 3.63) is 59.7 Å². The largest absolute Gasteiger partial charge is 0.367 e. The fraction of sp³-hybridized carbons (Fsp3) is 0.286. The molecule has 8 nitrogen and oxygen atoms in total. The van der Waals surface area contributed by atoms with E-state index in [0.29, 0.717) is 29.1 Å². The number of primary amides is 1. The fourth-order valence-electron chi connectivity index (χ4n) is 2.94. The van der Waals surface area contributed by atoms with Crippen molar-refractivity contribution in [2.45, 2.75) is 39.2 Å². The van der Waals surface area contributed by atoms with Crippen LogP contribution in [-0.2, 0) is 9.59 Å². The van der Waals surface area contributed by atoms with Crippen molar-refractivity contribution in [2.24, 2.45) is 5.73 Å². The molecule has 29 heavy (non-hydrogen) atoms. The quantitative estimate of drug-likeness (QED) is 0.611. The minimum atomic E-state index is -0.872. The second-order valence-electron chi connectivity index (χ2n) is 6.85. The van der Waals surface area contributed by atoms with Gasteiger partial charge in [-0.05, 0) is 36.3 Å². The normalized spacial score (nSPS) is 11.8. The number of para-hydroxylation sites is 1. The molecule has 0 bridgehead atoms. The molecule has 1 unspecified atom stereocenters. The number of nitrogens with one attached hydrogen (secondary N) is 1. The van der Waals surface area contributed by atoms with Crippen molar-refractivity contribution in [3.63, 3.8) is 0 Å². The van der Waals surface area contributed by atoms with Gasteiger partial charge in [-0.2, -0.15) is 0 Å².